The van der Waals surface area contributed by atoms with Gasteiger partial charge in [0.2, 0.25) is 5.91 Å². The highest BCUT2D eigenvalue weighted by atomic mass is 16.6. The molecule has 1 rings (SSSR count). The Balaban J connectivity index is 2.61. The van der Waals surface area contributed by atoms with Crippen LogP contribution in [0.5, 0.6) is 0 Å². The maximum Gasteiger partial charge on any atom is 0.274 e. The summed E-state index contributed by atoms with van der Waals surface area (Å²) in [6, 6.07) is 4.94. The van der Waals surface area contributed by atoms with Crippen molar-refractivity contribution in [3.8, 4) is 0 Å². The Kier molecular flexibility index (Phi) is 4.65. The topological polar surface area (TPSA) is 75.5 Å². The summed E-state index contributed by atoms with van der Waals surface area (Å²) < 4.78 is 0. The molecule has 0 heterocycles. The summed E-state index contributed by atoms with van der Waals surface area (Å²) in [4.78, 5) is 23.2. The quantitative estimate of drug-likeness (QED) is 0.639. The molecule has 0 saturated heterocycles. The van der Waals surface area contributed by atoms with E-state index in [1.165, 1.54) is 11.0 Å². The second-order valence-electron chi connectivity index (χ2n) is 4.22. The van der Waals surface area contributed by atoms with Crippen LogP contribution in [0.3, 0.4) is 0 Å². The van der Waals surface area contributed by atoms with E-state index in [2.05, 4.69) is 5.32 Å². The fourth-order valence-electron chi connectivity index (χ4n) is 1.45. The van der Waals surface area contributed by atoms with Crippen molar-refractivity contribution in [2.75, 3.05) is 26.0 Å². The van der Waals surface area contributed by atoms with Crippen molar-refractivity contribution >= 4 is 17.3 Å². The number of aryl methyl sites for hydroxylation is 1. The molecule has 0 spiro atoms. The Hall–Kier alpha value is -2.11. The number of amides is 1. The number of carbonyl (C=O) groups excluding carboxylic acids is 1. The van der Waals surface area contributed by atoms with Crippen LogP contribution in [-0.4, -0.2) is 36.4 Å². The molecule has 0 saturated carbocycles. The van der Waals surface area contributed by atoms with Crippen molar-refractivity contribution in [1.29, 1.82) is 0 Å². The summed E-state index contributed by atoms with van der Waals surface area (Å²) in [6.07, 6.45) is 0.356. The van der Waals surface area contributed by atoms with Gasteiger partial charge < -0.3 is 10.2 Å². The van der Waals surface area contributed by atoms with Crippen molar-refractivity contribution < 1.29 is 9.72 Å². The summed E-state index contributed by atoms with van der Waals surface area (Å²) in [7, 11) is 3.39. The van der Waals surface area contributed by atoms with E-state index in [0.717, 1.165) is 0 Å². The van der Waals surface area contributed by atoms with Crippen LogP contribution in [0.25, 0.3) is 0 Å². The van der Waals surface area contributed by atoms with E-state index >= 15 is 0 Å². The summed E-state index contributed by atoms with van der Waals surface area (Å²) in [6.45, 7) is 2.15. The normalized spacial score (nSPS) is 9.94. The van der Waals surface area contributed by atoms with Crippen LogP contribution in [0, 0.1) is 17.0 Å². The standard InChI is InChI=1S/C12H17N3O3/c1-9-4-5-10(8-11(9)15(17)18)13-7-6-12(16)14(2)3/h4-5,8,13H,6-7H2,1-3H3. The molecule has 0 atom stereocenters. The van der Waals surface area contributed by atoms with E-state index in [4.69, 9.17) is 0 Å². The van der Waals surface area contributed by atoms with Crippen LogP contribution >= 0.6 is 0 Å². The van der Waals surface area contributed by atoms with Gasteiger partial charge >= 0.3 is 0 Å². The van der Waals surface area contributed by atoms with Gasteiger partial charge in [-0.3, -0.25) is 14.9 Å². The molecule has 0 bridgehead atoms. The van der Waals surface area contributed by atoms with Gasteiger partial charge in [0.05, 0.1) is 4.92 Å². The van der Waals surface area contributed by atoms with Crippen LogP contribution in [0.2, 0.25) is 0 Å². The zero-order valence-corrected chi connectivity index (χ0v) is 10.8. The van der Waals surface area contributed by atoms with Crippen LogP contribution in [0.4, 0.5) is 11.4 Å². The van der Waals surface area contributed by atoms with Crippen molar-refractivity contribution in [3.05, 3.63) is 33.9 Å². The molecule has 1 N–H and O–H groups in total. The Morgan fingerprint density at radius 2 is 2.11 bits per heavy atom. The van der Waals surface area contributed by atoms with Crippen LogP contribution in [0.15, 0.2) is 18.2 Å². The lowest BCUT2D eigenvalue weighted by Crippen LogP contribution is -2.23. The average molecular weight is 251 g/mol. The first-order valence-corrected chi connectivity index (χ1v) is 5.61. The van der Waals surface area contributed by atoms with E-state index in [1.807, 2.05) is 0 Å². The number of nitrogens with zero attached hydrogens (tertiary/aromatic N) is 2. The fourth-order valence-corrected chi connectivity index (χ4v) is 1.45. The number of hydrogen-bond acceptors (Lipinski definition) is 4. The molecule has 0 aliphatic heterocycles. The largest absolute Gasteiger partial charge is 0.384 e. The lowest BCUT2D eigenvalue weighted by Gasteiger charge is -2.11. The van der Waals surface area contributed by atoms with Crippen LogP contribution in [-0.2, 0) is 4.79 Å². The zero-order valence-electron chi connectivity index (χ0n) is 10.8. The van der Waals surface area contributed by atoms with Gasteiger partial charge in [0.15, 0.2) is 0 Å². The van der Waals surface area contributed by atoms with E-state index in [9.17, 15) is 14.9 Å². The first-order chi connectivity index (χ1) is 8.41. The van der Waals surface area contributed by atoms with Crippen molar-refractivity contribution in [1.82, 2.24) is 4.90 Å². The highest BCUT2D eigenvalue weighted by Gasteiger charge is 2.11. The molecule has 18 heavy (non-hydrogen) atoms. The van der Waals surface area contributed by atoms with Gasteiger partial charge in [-0.25, -0.2) is 0 Å². The third-order valence-corrected chi connectivity index (χ3v) is 2.57. The molecule has 6 heteroatoms. The van der Waals surface area contributed by atoms with Gasteiger partial charge in [0.1, 0.15) is 0 Å². The molecule has 1 aromatic carbocycles. The Labute approximate surface area is 106 Å². The number of hydrogen-bond donors (Lipinski definition) is 1. The Bertz CT molecular complexity index is 458. The van der Waals surface area contributed by atoms with Gasteiger partial charge in [-0.05, 0) is 13.0 Å². The van der Waals surface area contributed by atoms with Gasteiger partial charge in [-0.2, -0.15) is 0 Å². The number of carbonyl (C=O) groups is 1. The maximum atomic E-state index is 11.3. The molecule has 0 unspecified atom stereocenters. The molecule has 0 aliphatic rings. The van der Waals surface area contributed by atoms with Crippen LogP contribution in [0.1, 0.15) is 12.0 Å². The predicted octanol–water partition coefficient (Wildman–Crippen LogP) is 1.79. The molecule has 1 aromatic rings. The number of rotatable bonds is 5. The zero-order chi connectivity index (χ0) is 13.7. The SMILES string of the molecule is Cc1ccc(NCCC(=O)N(C)C)cc1[N+](=O)[O-]. The lowest BCUT2D eigenvalue weighted by atomic mass is 10.2. The van der Waals surface area contributed by atoms with Gasteiger partial charge in [-0.1, -0.05) is 6.07 Å². The average Bonchev–Trinajstić information content (AvgIpc) is 2.30. The predicted molar refractivity (Wildman–Crippen MR) is 69.6 cm³/mol. The van der Waals surface area contributed by atoms with Crippen LogP contribution < -0.4 is 5.32 Å². The third-order valence-electron chi connectivity index (χ3n) is 2.57. The number of benzene rings is 1. The second-order valence-corrected chi connectivity index (χ2v) is 4.22. The Morgan fingerprint density at radius 1 is 1.44 bits per heavy atom. The number of nitro benzene ring substituents is 1. The van der Waals surface area contributed by atoms with Crippen molar-refractivity contribution in [3.63, 3.8) is 0 Å². The van der Waals surface area contributed by atoms with Crippen molar-refractivity contribution in [2.24, 2.45) is 0 Å². The monoisotopic (exact) mass is 251 g/mol. The molecule has 0 aromatic heterocycles. The minimum Gasteiger partial charge on any atom is -0.384 e. The Morgan fingerprint density at radius 3 is 2.67 bits per heavy atom. The number of nitro groups is 1. The summed E-state index contributed by atoms with van der Waals surface area (Å²) in [5, 5.41) is 13.8. The highest BCUT2D eigenvalue weighted by Crippen LogP contribution is 2.22. The summed E-state index contributed by atoms with van der Waals surface area (Å²) in [5.74, 6) is 0.0177. The van der Waals surface area contributed by atoms with E-state index in [1.54, 1.807) is 33.2 Å². The fraction of sp³-hybridized carbons (Fsp3) is 0.417. The second kappa shape index (κ2) is 6.00. The smallest absolute Gasteiger partial charge is 0.274 e. The molecule has 0 radical (unpaired) electrons. The number of nitrogens with one attached hydrogen (secondary N) is 1. The highest BCUT2D eigenvalue weighted by molar-refractivity contribution is 5.76. The third kappa shape index (κ3) is 3.73. The maximum absolute atomic E-state index is 11.3. The molecule has 0 fully saturated rings. The number of anilines is 1. The van der Waals surface area contributed by atoms with Gasteiger partial charge in [0.25, 0.3) is 5.69 Å². The van der Waals surface area contributed by atoms with E-state index in [-0.39, 0.29) is 11.6 Å². The first-order valence-electron chi connectivity index (χ1n) is 5.61. The van der Waals surface area contributed by atoms with Gasteiger partial charge in [0, 0.05) is 44.4 Å². The molecular weight excluding hydrogens is 234 g/mol. The summed E-state index contributed by atoms with van der Waals surface area (Å²) in [5.41, 5.74) is 1.35. The molecular formula is C12H17N3O3. The minimum atomic E-state index is -0.411. The first kappa shape index (κ1) is 14.0. The molecule has 1 amide bonds. The molecule has 0 aliphatic carbocycles. The minimum absolute atomic E-state index is 0.0177. The molecule has 98 valence electrons. The van der Waals surface area contributed by atoms with E-state index < -0.39 is 4.92 Å². The molecule has 6 nitrogen and oxygen atoms in total. The lowest BCUT2D eigenvalue weighted by molar-refractivity contribution is -0.385. The van der Waals surface area contributed by atoms with E-state index in [0.29, 0.717) is 24.2 Å². The summed E-state index contributed by atoms with van der Waals surface area (Å²) >= 11 is 0. The van der Waals surface area contributed by atoms with Gasteiger partial charge in [-0.15, -0.1) is 0 Å². The van der Waals surface area contributed by atoms with Crippen molar-refractivity contribution in [2.45, 2.75) is 13.3 Å².